The van der Waals surface area contributed by atoms with E-state index in [1.54, 1.807) is 6.20 Å². The van der Waals surface area contributed by atoms with Gasteiger partial charge in [0.05, 0.1) is 5.52 Å². The highest BCUT2D eigenvalue weighted by molar-refractivity contribution is 5.58. The van der Waals surface area contributed by atoms with Crippen LogP contribution < -0.4 is 5.56 Å². The summed E-state index contributed by atoms with van der Waals surface area (Å²) in [4.78, 5) is 11.4. The number of aryl methyl sites for hydroxylation is 2. The lowest BCUT2D eigenvalue weighted by Gasteiger charge is -2.04. The highest BCUT2D eigenvalue weighted by Crippen LogP contribution is 2.10. The molecule has 0 radical (unpaired) electrons. The van der Waals surface area contributed by atoms with E-state index in [1.165, 1.54) is 10.6 Å². The molecule has 0 saturated carbocycles. The van der Waals surface area contributed by atoms with E-state index in [1.807, 2.05) is 26.0 Å². The third-order valence-electron chi connectivity index (χ3n) is 2.15. The zero-order valence-corrected chi connectivity index (χ0v) is 7.61. The molecule has 0 bridgehead atoms. The van der Waals surface area contributed by atoms with Crippen LogP contribution >= 0.6 is 0 Å². The molecule has 2 aromatic heterocycles. The Hall–Kier alpha value is -1.64. The Labute approximate surface area is 75.6 Å². The molecule has 0 fully saturated rings. The number of fused-ring (bicyclic) bond motifs is 1. The van der Waals surface area contributed by atoms with Crippen molar-refractivity contribution in [2.24, 2.45) is 0 Å². The van der Waals surface area contributed by atoms with Gasteiger partial charge in [-0.1, -0.05) is 6.07 Å². The van der Waals surface area contributed by atoms with Crippen LogP contribution in [-0.4, -0.2) is 9.61 Å². The zero-order chi connectivity index (χ0) is 9.42. The molecule has 66 valence electrons. The molecule has 2 rings (SSSR count). The van der Waals surface area contributed by atoms with E-state index < -0.39 is 0 Å². The Morgan fingerprint density at radius 3 is 2.54 bits per heavy atom. The molecule has 2 aromatic rings. The Kier molecular flexibility index (Phi) is 1.65. The smallest absolute Gasteiger partial charge is 0.267 e. The molecule has 3 heteroatoms. The topological polar surface area (TPSA) is 34.4 Å². The van der Waals surface area contributed by atoms with Crippen molar-refractivity contribution in [1.82, 2.24) is 9.61 Å². The first-order valence-corrected chi connectivity index (χ1v) is 4.14. The Balaban J connectivity index is 3.09. The van der Waals surface area contributed by atoms with Gasteiger partial charge >= 0.3 is 0 Å². The summed E-state index contributed by atoms with van der Waals surface area (Å²) in [6, 6.07) is 5.27. The fourth-order valence-corrected chi connectivity index (χ4v) is 1.51. The Morgan fingerprint density at radius 1 is 1.15 bits per heavy atom. The Bertz CT molecular complexity index is 506. The maximum Gasteiger partial charge on any atom is 0.271 e. The molecule has 2 heterocycles. The van der Waals surface area contributed by atoms with Gasteiger partial charge in [-0.2, -0.15) is 9.61 Å². The lowest BCUT2D eigenvalue weighted by Crippen LogP contribution is -2.15. The van der Waals surface area contributed by atoms with Crippen molar-refractivity contribution in [2.75, 3.05) is 0 Å². The van der Waals surface area contributed by atoms with Crippen LogP contribution in [0.2, 0.25) is 0 Å². The number of aromatic nitrogens is 2. The molecule has 0 aliphatic carbocycles. The fraction of sp³-hybridized carbons (Fsp3) is 0.200. The van der Waals surface area contributed by atoms with Crippen molar-refractivity contribution >= 4 is 5.52 Å². The number of pyridine rings is 1. The third-order valence-corrected chi connectivity index (χ3v) is 2.15. The highest BCUT2D eigenvalue weighted by atomic mass is 16.1. The minimum Gasteiger partial charge on any atom is -0.267 e. The molecule has 0 N–H and O–H groups in total. The number of nitrogens with zero attached hydrogens (tertiary/aromatic N) is 2. The predicted octanol–water partition coefficient (Wildman–Crippen LogP) is 1.31. The summed E-state index contributed by atoms with van der Waals surface area (Å²) in [5.74, 6) is 0. The summed E-state index contributed by atoms with van der Waals surface area (Å²) in [7, 11) is 0. The second-order valence-electron chi connectivity index (χ2n) is 3.13. The van der Waals surface area contributed by atoms with Crippen LogP contribution in [0.4, 0.5) is 0 Å². The predicted molar refractivity (Wildman–Crippen MR) is 50.9 cm³/mol. The van der Waals surface area contributed by atoms with Gasteiger partial charge in [0.2, 0.25) is 0 Å². The van der Waals surface area contributed by atoms with Crippen molar-refractivity contribution in [3.05, 3.63) is 45.9 Å². The van der Waals surface area contributed by atoms with Gasteiger partial charge in [-0.25, -0.2) is 0 Å². The summed E-state index contributed by atoms with van der Waals surface area (Å²) in [6.45, 7) is 3.95. The quantitative estimate of drug-likeness (QED) is 0.603. The second kappa shape index (κ2) is 2.69. The normalized spacial score (nSPS) is 10.6. The van der Waals surface area contributed by atoms with E-state index in [4.69, 9.17) is 0 Å². The SMILES string of the molecule is Cc1ccnn2c(=O)ccc(C)c12. The van der Waals surface area contributed by atoms with Gasteiger partial charge in [-0.05, 0) is 31.0 Å². The van der Waals surface area contributed by atoms with Crippen LogP contribution in [0.3, 0.4) is 0 Å². The molecule has 0 aliphatic rings. The van der Waals surface area contributed by atoms with Gasteiger partial charge in [0.25, 0.3) is 5.56 Å². The van der Waals surface area contributed by atoms with Crippen LogP contribution in [0.25, 0.3) is 5.52 Å². The minimum absolute atomic E-state index is 0.0794. The number of hydrogen-bond donors (Lipinski definition) is 0. The van der Waals surface area contributed by atoms with Gasteiger partial charge in [0.1, 0.15) is 0 Å². The molecule has 0 unspecified atom stereocenters. The molecule has 3 nitrogen and oxygen atoms in total. The maximum atomic E-state index is 11.4. The number of hydrogen-bond acceptors (Lipinski definition) is 2. The highest BCUT2D eigenvalue weighted by Gasteiger charge is 2.01. The van der Waals surface area contributed by atoms with Gasteiger partial charge < -0.3 is 0 Å². The van der Waals surface area contributed by atoms with Gasteiger partial charge in [0.15, 0.2) is 0 Å². The maximum absolute atomic E-state index is 11.4. The molecule has 0 atom stereocenters. The van der Waals surface area contributed by atoms with Gasteiger partial charge in [-0.3, -0.25) is 4.79 Å². The lowest BCUT2D eigenvalue weighted by molar-refractivity contribution is 0.876. The van der Waals surface area contributed by atoms with Crippen molar-refractivity contribution in [2.45, 2.75) is 13.8 Å². The second-order valence-corrected chi connectivity index (χ2v) is 3.13. The molecule has 0 spiro atoms. The van der Waals surface area contributed by atoms with Crippen molar-refractivity contribution in [3.8, 4) is 0 Å². The van der Waals surface area contributed by atoms with Crippen molar-refractivity contribution in [3.63, 3.8) is 0 Å². The van der Waals surface area contributed by atoms with E-state index in [9.17, 15) is 4.79 Å². The van der Waals surface area contributed by atoms with Crippen LogP contribution in [0.1, 0.15) is 11.1 Å². The van der Waals surface area contributed by atoms with Crippen molar-refractivity contribution in [1.29, 1.82) is 0 Å². The van der Waals surface area contributed by atoms with E-state index in [-0.39, 0.29) is 5.56 Å². The average molecular weight is 174 g/mol. The molecular formula is C10H10N2O. The summed E-state index contributed by atoms with van der Waals surface area (Å²) < 4.78 is 1.44. The molecular weight excluding hydrogens is 164 g/mol. The first-order chi connectivity index (χ1) is 6.20. The molecule has 0 saturated heterocycles. The van der Waals surface area contributed by atoms with E-state index in [2.05, 4.69) is 5.10 Å². The summed E-state index contributed by atoms with van der Waals surface area (Å²) >= 11 is 0. The third kappa shape index (κ3) is 1.13. The monoisotopic (exact) mass is 174 g/mol. The summed E-state index contributed by atoms with van der Waals surface area (Å²) in [6.07, 6.45) is 1.64. The van der Waals surface area contributed by atoms with Gasteiger partial charge in [0, 0.05) is 12.3 Å². The van der Waals surface area contributed by atoms with E-state index >= 15 is 0 Å². The minimum atomic E-state index is -0.0794. The lowest BCUT2D eigenvalue weighted by atomic mass is 10.2. The molecule has 0 aromatic carbocycles. The Morgan fingerprint density at radius 2 is 1.85 bits per heavy atom. The van der Waals surface area contributed by atoms with E-state index in [0.29, 0.717) is 0 Å². The standard InChI is InChI=1S/C10H10N2O/c1-7-3-4-9(13)12-10(7)8(2)5-6-11-12/h3-6H,1-2H3. The first-order valence-electron chi connectivity index (χ1n) is 4.14. The van der Waals surface area contributed by atoms with Crippen LogP contribution in [0.5, 0.6) is 0 Å². The number of rotatable bonds is 0. The summed E-state index contributed by atoms with van der Waals surface area (Å²) in [5, 5.41) is 4.01. The zero-order valence-electron chi connectivity index (χ0n) is 7.61. The van der Waals surface area contributed by atoms with Crippen LogP contribution in [0.15, 0.2) is 29.2 Å². The molecule has 0 amide bonds. The van der Waals surface area contributed by atoms with Crippen molar-refractivity contribution < 1.29 is 0 Å². The fourth-order valence-electron chi connectivity index (χ4n) is 1.51. The largest absolute Gasteiger partial charge is 0.271 e. The molecule has 13 heavy (non-hydrogen) atoms. The summed E-state index contributed by atoms with van der Waals surface area (Å²) in [5.41, 5.74) is 2.98. The first kappa shape index (κ1) is 7.98. The average Bonchev–Trinajstić information content (AvgIpc) is 2.12. The van der Waals surface area contributed by atoms with Gasteiger partial charge in [-0.15, -0.1) is 0 Å². The molecule has 0 aliphatic heterocycles. The van der Waals surface area contributed by atoms with Crippen LogP contribution in [0, 0.1) is 13.8 Å². The van der Waals surface area contributed by atoms with Crippen LogP contribution in [-0.2, 0) is 0 Å². The van der Waals surface area contributed by atoms with E-state index in [0.717, 1.165) is 16.6 Å².